The predicted octanol–water partition coefficient (Wildman–Crippen LogP) is 2.13. The van der Waals surface area contributed by atoms with Crippen molar-refractivity contribution in [3.05, 3.63) is 20.9 Å². The van der Waals surface area contributed by atoms with Gasteiger partial charge in [0.25, 0.3) is 0 Å². The molecule has 0 aliphatic carbocycles. The van der Waals surface area contributed by atoms with Crippen molar-refractivity contribution in [1.82, 2.24) is 0 Å². The standard InChI is InChI=1S/C6H8N6O2S2/c7-11-9-5(13)3-15-1-2-16-4-6(14)10-12-8/h1-4H2. The van der Waals surface area contributed by atoms with Gasteiger partial charge in [-0.15, -0.1) is 0 Å². The maximum atomic E-state index is 10.7. The van der Waals surface area contributed by atoms with Gasteiger partial charge in [0.05, 0.1) is 11.5 Å². The van der Waals surface area contributed by atoms with Crippen molar-refractivity contribution in [2.24, 2.45) is 10.2 Å². The second-order valence-electron chi connectivity index (χ2n) is 2.27. The van der Waals surface area contributed by atoms with Crippen LogP contribution >= 0.6 is 23.5 Å². The summed E-state index contributed by atoms with van der Waals surface area (Å²) in [5.74, 6) is 0.552. The third-order valence-electron chi connectivity index (χ3n) is 1.14. The molecule has 0 spiro atoms. The smallest absolute Gasteiger partial charge is 0.228 e. The lowest BCUT2D eigenvalue weighted by atomic mass is 10.8. The molecule has 0 heterocycles. The lowest BCUT2D eigenvalue weighted by molar-refractivity contribution is -0.116. The maximum Gasteiger partial charge on any atom is 0.228 e. The highest BCUT2D eigenvalue weighted by Gasteiger charge is 2.00. The Morgan fingerprint density at radius 2 is 1.31 bits per heavy atom. The summed E-state index contributed by atoms with van der Waals surface area (Å²) in [6, 6.07) is 0. The number of amides is 2. The summed E-state index contributed by atoms with van der Waals surface area (Å²) in [7, 11) is 0. The first kappa shape index (κ1) is 14.7. The Kier molecular flexibility index (Phi) is 9.33. The molecule has 0 aliphatic rings. The van der Waals surface area contributed by atoms with Crippen molar-refractivity contribution in [2.75, 3.05) is 23.0 Å². The Labute approximate surface area is 99.4 Å². The van der Waals surface area contributed by atoms with E-state index >= 15 is 0 Å². The van der Waals surface area contributed by atoms with E-state index in [0.717, 1.165) is 0 Å². The average molecular weight is 260 g/mol. The fourth-order valence-corrected chi connectivity index (χ4v) is 2.29. The molecule has 2 amide bonds. The quantitative estimate of drug-likeness (QED) is 0.300. The van der Waals surface area contributed by atoms with Crippen LogP contribution in [0.1, 0.15) is 0 Å². The van der Waals surface area contributed by atoms with E-state index in [2.05, 4.69) is 20.1 Å². The minimum atomic E-state index is -0.511. The van der Waals surface area contributed by atoms with Gasteiger partial charge in [0.1, 0.15) is 0 Å². The van der Waals surface area contributed by atoms with Crippen LogP contribution < -0.4 is 0 Å². The molecule has 0 fully saturated rings. The molecular weight excluding hydrogens is 252 g/mol. The molecule has 0 aliphatic heterocycles. The third-order valence-corrected chi connectivity index (χ3v) is 3.28. The summed E-state index contributed by atoms with van der Waals surface area (Å²) in [4.78, 5) is 26.1. The highest BCUT2D eigenvalue weighted by Crippen LogP contribution is 2.07. The number of thioether (sulfide) groups is 2. The van der Waals surface area contributed by atoms with E-state index in [1.807, 2.05) is 0 Å². The molecule has 0 N–H and O–H groups in total. The Morgan fingerprint density at radius 3 is 1.62 bits per heavy atom. The van der Waals surface area contributed by atoms with Crippen LogP contribution in [0.4, 0.5) is 0 Å². The van der Waals surface area contributed by atoms with Gasteiger partial charge in [0, 0.05) is 21.3 Å². The second-order valence-corrected chi connectivity index (χ2v) is 4.48. The molecule has 86 valence electrons. The topological polar surface area (TPSA) is 132 Å². The molecule has 0 saturated carbocycles. The van der Waals surface area contributed by atoms with Crippen LogP contribution in [0, 0.1) is 0 Å². The van der Waals surface area contributed by atoms with Gasteiger partial charge in [-0.2, -0.15) is 23.5 Å². The van der Waals surface area contributed by atoms with E-state index in [1.54, 1.807) is 0 Å². The molecule has 0 atom stereocenters. The molecule has 16 heavy (non-hydrogen) atoms. The van der Waals surface area contributed by atoms with Crippen LogP contribution in [0.25, 0.3) is 20.9 Å². The first-order valence-electron chi connectivity index (χ1n) is 4.02. The van der Waals surface area contributed by atoms with E-state index < -0.39 is 11.8 Å². The largest absolute Gasteiger partial charge is 0.292 e. The fourth-order valence-electron chi connectivity index (χ4n) is 0.594. The van der Waals surface area contributed by atoms with E-state index in [4.69, 9.17) is 11.1 Å². The SMILES string of the molecule is [N-]=[N+]=NC(=O)CSCCSCC(=O)N=[N+]=[N-]. The van der Waals surface area contributed by atoms with Crippen LogP contribution in [0.5, 0.6) is 0 Å². The van der Waals surface area contributed by atoms with Crippen molar-refractivity contribution >= 4 is 35.3 Å². The summed E-state index contributed by atoms with van der Waals surface area (Å²) in [6.45, 7) is 0. The van der Waals surface area contributed by atoms with E-state index in [1.165, 1.54) is 23.5 Å². The Bertz CT molecular complexity index is 313. The molecule has 0 unspecified atom stereocenters. The number of nitrogens with zero attached hydrogens (tertiary/aromatic N) is 6. The highest BCUT2D eigenvalue weighted by molar-refractivity contribution is 8.03. The number of hydrogen-bond acceptors (Lipinski definition) is 4. The van der Waals surface area contributed by atoms with Gasteiger partial charge < -0.3 is 0 Å². The van der Waals surface area contributed by atoms with E-state index in [9.17, 15) is 9.59 Å². The lowest BCUT2D eigenvalue weighted by Crippen LogP contribution is -2.00. The van der Waals surface area contributed by atoms with Crippen molar-refractivity contribution < 1.29 is 9.59 Å². The van der Waals surface area contributed by atoms with Crippen molar-refractivity contribution in [3.63, 3.8) is 0 Å². The summed E-state index contributed by atoms with van der Waals surface area (Å²) in [6.07, 6.45) is 0. The molecular formula is C6H8N6O2S2. The lowest BCUT2D eigenvalue weighted by Gasteiger charge is -1.97. The molecule has 0 aromatic heterocycles. The first-order chi connectivity index (χ1) is 7.70. The third kappa shape index (κ3) is 9.22. The second kappa shape index (κ2) is 10.2. The summed E-state index contributed by atoms with van der Waals surface area (Å²) in [5, 5.41) is 5.80. The van der Waals surface area contributed by atoms with Gasteiger partial charge in [-0.25, -0.2) is 0 Å². The Morgan fingerprint density at radius 1 is 0.938 bits per heavy atom. The molecule has 0 aromatic carbocycles. The first-order valence-corrected chi connectivity index (χ1v) is 6.33. The number of hydrogen-bond donors (Lipinski definition) is 0. The van der Waals surface area contributed by atoms with Crippen LogP contribution in [-0.4, -0.2) is 34.8 Å². The monoisotopic (exact) mass is 260 g/mol. The van der Waals surface area contributed by atoms with Crippen molar-refractivity contribution in [2.45, 2.75) is 0 Å². The number of azide groups is 2. The van der Waals surface area contributed by atoms with Crippen molar-refractivity contribution in [3.8, 4) is 0 Å². The van der Waals surface area contributed by atoms with Crippen LogP contribution in [0.3, 0.4) is 0 Å². The predicted molar refractivity (Wildman–Crippen MR) is 63.0 cm³/mol. The van der Waals surface area contributed by atoms with E-state index in [0.29, 0.717) is 11.5 Å². The summed E-state index contributed by atoms with van der Waals surface area (Å²) >= 11 is 2.63. The van der Waals surface area contributed by atoms with E-state index in [-0.39, 0.29) is 11.5 Å². The molecule has 0 aromatic rings. The summed E-state index contributed by atoms with van der Waals surface area (Å²) in [5.41, 5.74) is 15.9. The number of carbonyl (C=O) groups is 2. The zero-order chi connectivity index (χ0) is 12.2. The number of carbonyl (C=O) groups excluding carboxylic acids is 2. The zero-order valence-corrected chi connectivity index (χ0v) is 9.78. The molecule has 0 saturated heterocycles. The van der Waals surface area contributed by atoms with Crippen LogP contribution in [0.2, 0.25) is 0 Å². The van der Waals surface area contributed by atoms with Gasteiger partial charge >= 0.3 is 0 Å². The highest BCUT2D eigenvalue weighted by atomic mass is 32.2. The molecule has 0 radical (unpaired) electrons. The molecule has 8 nitrogen and oxygen atoms in total. The maximum absolute atomic E-state index is 10.7. The van der Waals surface area contributed by atoms with Gasteiger partial charge in [-0.1, -0.05) is 0 Å². The summed E-state index contributed by atoms with van der Waals surface area (Å²) < 4.78 is 0. The van der Waals surface area contributed by atoms with Crippen LogP contribution in [0.15, 0.2) is 10.2 Å². The minimum Gasteiger partial charge on any atom is -0.292 e. The zero-order valence-electron chi connectivity index (χ0n) is 8.14. The van der Waals surface area contributed by atoms with Crippen LogP contribution in [-0.2, 0) is 9.59 Å². The van der Waals surface area contributed by atoms with Gasteiger partial charge in [-0.05, 0) is 21.3 Å². The number of rotatable bonds is 7. The fraction of sp³-hybridized carbons (Fsp3) is 0.667. The molecule has 10 heteroatoms. The normalized spacial score (nSPS) is 8.75. The molecule has 0 bridgehead atoms. The molecule has 0 rings (SSSR count). The average Bonchev–Trinajstić information content (AvgIpc) is 2.24. The van der Waals surface area contributed by atoms with Gasteiger partial charge in [0.2, 0.25) is 11.8 Å². The van der Waals surface area contributed by atoms with Crippen molar-refractivity contribution in [1.29, 1.82) is 0 Å². The van der Waals surface area contributed by atoms with Gasteiger partial charge in [-0.3, -0.25) is 9.59 Å². The Balaban J connectivity index is 3.40. The Hall–Kier alpha value is -1.34. The van der Waals surface area contributed by atoms with Gasteiger partial charge in [0.15, 0.2) is 0 Å². The minimum absolute atomic E-state index is 0.134.